The van der Waals surface area contributed by atoms with Crippen LogP contribution in [0.5, 0.6) is 5.75 Å². The van der Waals surface area contributed by atoms with Crippen LogP contribution in [0.4, 0.5) is 5.69 Å². The van der Waals surface area contributed by atoms with Gasteiger partial charge in [0.2, 0.25) is 0 Å². The maximum Gasteiger partial charge on any atom is 0.265 e. The lowest BCUT2D eigenvalue weighted by atomic mass is 10.2. The first-order valence-electron chi connectivity index (χ1n) is 6.55. The van der Waals surface area contributed by atoms with Crippen molar-refractivity contribution in [3.05, 3.63) is 51.5 Å². The molecule has 118 valence electrons. The SMILES string of the molecule is CCOc1ccc(Br)cc1S(=O)(=O)Nc1ccc(C)c(Cl)c1. The van der Waals surface area contributed by atoms with Crippen LogP contribution in [0.2, 0.25) is 5.02 Å². The van der Waals surface area contributed by atoms with Gasteiger partial charge in [-0.25, -0.2) is 8.42 Å². The van der Waals surface area contributed by atoms with Crippen LogP contribution >= 0.6 is 27.5 Å². The largest absolute Gasteiger partial charge is 0.492 e. The molecule has 22 heavy (non-hydrogen) atoms. The standard InChI is InChI=1S/C15H15BrClNO3S/c1-3-21-14-7-5-11(16)8-15(14)22(19,20)18-12-6-4-10(2)13(17)9-12/h4-9,18H,3H2,1-2H3. The summed E-state index contributed by atoms with van der Waals surface area (Å²) in [6.07, 6.45) is 0. The lowest BCUT2D eigenvalue weighted by molar-refractivity contribution is 0.331. The molecule has 2 aromatic carbocycles. The summed E-state index contributed by atoms with van der Waals surface area (Å²) < 4.78 is 33.7. The Balaban J connectivity index is 2.41. The van der Waals surface area contributed by atoms with E-state index in [1.807, 2.05) is 6.92 Å². The van der Waals surface area contributed by atoms with Gasteiger partial charge in [0.15, 0.2) is 0 Å². The Morgan fingerprint density at radius 2 is 1.95 bits per heavy atom. The van der Waals surface area contributed by atoms with Crippen molar-refractivity contribution in [1.29, 1.82) is 0 Å². The summed E-state index contributed by atoms with van der Waals surface area (Å²) >= 11 is 9.31. The molecular weight excluding hydrogens is 390 g/mol. The molecule has 2 rings (SSSR count). The van der Waals surface area contributed by atoms with Crippen molar-refractivity contribution in [2.45, 2.75) is 18.7 Å². The van der Waals surface area contributed by atoms with E-state index in [4.69, 9.17) is 16.3 Å². The Morgan fingerprint density at radius 3 is 2.59 bits per heavy atom. The fourth-order valence-corrected chi connectivity index (χ4v) is 3.75. The fraction of sp³-hybridized carbons (Fsp3) is 0.200. The number of anilines is 1. The first-order chi connectivity index (χ1) is 10.3. The molecule has 4 nitrogen and oxygen atoms in total. The van der Waals surface area contributed by atoms with Gasteiger partial charge in [-0.05, 0) is 49.7 Å². The van der Waals surface area contributed by atoms with Gasteiger partial charge in [0.1, 0.15) is 10.6 Å². The van der Waals surface area contributed by atoms with Gasteiger partial charge < -0.3 is 4.74 Å². The highest BCUT2D eigenvalue weighted by molar-refractivity contribution is 9.10. The molecule has 0 amide bonds. The van der Waals surface area contributed by atoms with Crippen LogP contribution in [0.25, 0.3) is 0 Å². The van der Waals surface area contributed by atoms with E-state index in [-0.39, 0.29) is 4.90 Å². The van der Waals surface area contributed by atoms with E-state index in [1.54, 1.807) is 37.3 Å². The summed E-state index contributed by atoms with van der Waals surface area (Å²) in [7, 11) is -3.78. The number of ether oxygens (including phenoxy) is 1. The maximum absolute atomic E-state index is 12.6. The predicted octanol–water partition coefficient (Wildman–Crippen LogP) is 4.61. The van der Waals surface area contributed by atoms with Gasteiger partial charge in [0.05, 0.1) is 12.3 Å². The van der Waals surface area contributed by atoms with Gasteiger partial charge in [-0.2, -0.15) is 0 Å². The van der Waals surface area contributed by atoms with Crippen LogP contribution in [0.15, 0.2) is 45.8 Å². The highest BCUT2D eigenvalue weighted by Crippen LogP contribution is 2.30. The monoisotopic (exact) mass is 403 g/mol. The van der Waals surface area contributed by atoms with Crippen molar-refractivity contribution in [1.82, 2.24) is 0 Å². The van der Waals surface area contributed by atoms with Crippen molar-refractivity contribution in [2.75, 3.05) is 11.3 Å². The highest BCUT2D eigenvalue weighted by Gasteiger charge is 2.20. The molecule has 0 aromatic heterocycles. The fourth-order valence-electron chi connectivity index (χ4n) is 1.83. The summed E-state index contributed by atoms with van der Waals surface area (Å²) in [6.45, 7) is 4.02. The van der Waals surface area contributed by atoms with Crippen molar-refractivity contribution in [3.8, 4) is 5.75 Å². The third kappa shape index (κ3) is 3.94. The molecule has 0 saturated heterocycles. The second-order valence-corrected chi connectivity index (χ2v) is 7.57. The number of aryl methyl sites for hydroxylation is 1. The van der Waals surface area contributed by atoms with Crippen LogP contribution < -0.4 is 9.46 Å². The van der Waals surface area contributed by atoms with Crippen molar-refractivity contribution in [3.63, 3.8) is 0 Å². The number of hydrogen-bond donors (Lipinski definition) is 1. The third-order valence-electron chi connectivity index (χ3n) is 2.92. The first kappa shape index (κ1) is 17.1. The first-order valence-corrected chi connectivity index (χ1v) is 9.20. The van der Waals surface area contributed by atoms with Gasteiger partial charge in [-0.1, -0.05) is 33.6 Å². The molecular formula is C15H15BrClNO3S. The van der Waals surface area contributed by atoms with E-state index in [1.165, 1.54) is 6.07 Å². The average molecular weight is 405 g/mol. The molecule has 7 heteroatoms. The predicted molar refractivity (Wildman–Crippen MR) is 92.3 cm³/mol. The van der Waals surface area contributed by atoms with Gasteiger partial charge in [0, 0.05) is 9.50 Å². The second kappa shape index (κ2) is 6.89. The Labute approximate surface area is 143 Å². The van der Waals surface area contributed by atoms with E-state index >= 15 is 0 Å². The molecule has 1 N–H and O–H groups in total. The van der Waals surface area contributed by atoms with Crippen LogP contribution in [0, 0.1) is 6.92 Å². The number of hydrogen-bond acceptors (Lipinski definition) is 3. The summed E-state index contributed by atoms with van der Waals surface area (Å²) in [6, 6.07) is 9.84. The van der Waals surface area contributed by atoms with E-state index < -0.39 is 10.0 Å². The molecule has 0 spiro atoms. The van der Waals surface area contributed by atoms with Gasteiger partial charge in [0.25, 0.3) is 10.0 Å². The Hall–Kier alpha value is -1.24. The zero-order chi connectivity index (χ0) is 16.3. The number of nitrogens with one attached hydrogen (secondary N) is 1. The molecule has 2 aromatic rings. The second-order valence-electron chi connectivity index (χ2n) is 4.59. The van der Waals surface area contributed by atoms with E-state index in [9.17, 15) is 8.42 Å². The molecule has 0 radical (unpaired) electrons. The zero-order valence-corrected chi connectivity index (χ0v) is 15.2. The van der Waals surface area contributed by atoms with Crippen molar-refractivity contribution >= 4 is 43.2 Å². The minimum Gasteiger partial charge on any atom is -0.492 e. The summed E-state index contributed by atoms with van der Waals surface area (Å²) in [4.78, 5) is 0.0698. The smallest absolute Gasteiger partial charge is 0.265 e. The highest BCUT2D eigenvalue weighted by atomic mass is 79.9. The molecule has 0 aliphatic rings. The van der Waals surface area contributed by atoms with Crippen LogP contribution in [0.1, 0.15) is 12.5 Å². The van der Waals surface area contributed by atoms with Crippen molar-refractivity contribution in [2.24, 2.45) is 0 Å². The number of halogens is 2. The lowest BCUT2D eigenvalue weighted by Gasteiger charge is -2.13. The molecule has 0 aliphatic heterocycles. The van der Waals surface area contributed by atoms with E-state index in [0.717, 1.165) is 5.56 Å². The van der Waals surface area contributed by atoms with Crippen molar-refractivity contribution < 1.29 is 13.2 Å². The van der Waals surface area contributed by atoms with Crippen LogP contribution in [-0.2, 0) is 10.0 Å². The minimum atomic E-state index is -3.78. The Bertz CT molecular complexity index is 793. The van der Waals surface area contributed by atoms with Gasteiger partial charge in [-0.15, -0.1) is 0 Å². The molecule has 0 heterocycles. The normalized spacial score (nSPS) is 11.3. The van der Waals surface area contributed by atoms with Crippen LogP contribution in [0.3, 0.4) is 0 Å². The molecule has 0 aliphatic carbocycles. The quantitative estimate of drug-likeness (QED) is 0.791. The lowest BCUT2D eigenvalue weighted by Crippen LogP contribution is -2.14. The molecule has 0 atom stereocenters. The number of benzene rings is 2. The number of sulfonamides is 1. The Morgan fingerprint density at radius 1 is 1.23 bits per heavy atom. The summed E-state index contributed by atoms with van der Waals surface area (Å²) in [5.74, 6) is 0.302. The molecule has 0 fully saturated rings. The summed E-state index contributed by atoms with van der Waals surface area (Å²) in [5.41, 5.74) is 1.28. The van der Waals surface area contributed by atoms with E-state index in [0.29, 0.717) is 27.5 Å². The molecule has 0 bridgehead atoms. The molecule has 0 saturated carbocycles. The topological polar surface area (TPSA) is 55.4 Å². The molecule has 0 unspecified atom stereocenters. The summed E-state index contributed by atoms with van der Waals surface area (Å²) in [5, 5.41) is 0.500. The zero-order valence-electron chi connectivity index (χ0n) is 12.1. The number of rotatable bonds is 5. The van der Waals surface area contributed by atoms with Gasteiger partial charge >= 0.3 is 0 Å². The van der Waals surface area contributed by atoms with Gasteiger partial charge in [-0.3, -0.25) is 4.72 Å². The minimum absolute atomic E-state index is 0.0698. The Kier molecular flexibility index (Phi) is 5.36. The third-order valence-corrected chi connectivity index (χ3v) is 5.22. The van der Waals surface area contributed by atoms with Crippen LogP contribution in [-0.4, -0.2) is 15.0 Å². The average Bonchev–Trinajstić information content (AvgIpc) is 2.45. The maximum atomic E-state index is 12.6. The van der Waals surface area contributed by atoms with E-state index in [2.05, 4.69) is 20.7 Å².